The Bertz CT molecular complexity index is 507. The molecule has 1 aromatic carbocycles. The lowest BCUT2D eigenvalue weighted by Crippen LogP contribution is -2.38. The van der Waals surface area contributed by atoms with Crippen LogP contribution in [0, 0.1) is 0 Å². The second kappa shape index (κ2) is 5.67. The molecule has 3 nitrogen and oxygen atoms in total. The van der Waals surface area contributed by atoms with Gasteiger partial charge >= 0.3 is 12.1 Å². The fourth-order valence-corrected chi connectivity index (χ4v) is 2.48. The van der Waals surface area contributed by atoms with Gasteiger partial charge < -0.3 is 10.1 Å². The van der Waals surface area contributed by atoms with E-state index >= 15 is 0 Å². The van der Waals surface area contributed by atoms with Crippen LogP contribution in [0.25, 0.3) is 0 Å². The second-order valence-corrected chi connectivity index (χ2v) is 5.48. The van der Waals surface area contributed by atoms with E-state index in [-0.39, 0.29) is 24.0 Å². The summed E-state index contributed by atoms with van der Waals surface area (Å²) >= 11 is 0. The zero-order chi connectivity index (χ0) is 15.7. The summed E-state index contributed by atoms with van der Waals surface area (Å²) in [7, 11) is 1.33. The smallest absolute Gasteiger partial charge is 0.416 e. The van der Waals surface area contributed by atoms with Gasteiger partial charge in [0.05, 0.1) is 19.1 Å². The summed E-state index contributed by atoms with van der Waals surface area (Å²) in [4.78, 5) is 11.2. The van der Waals surface area contributed by atoms with Gasteiger partial charge in [-0.2, -0.15) is 13.2 Å². The van der Waals surface area contributed by atoms with Crippen molar-refractivity contribution < 1.29 is 22.7 Å². The predicted octanol–water partition coefficient (Wildman–Crippen LogP) is 3.24. The van der Waals surface area contributed by atoms with Crippen molar-refractivity contribution in [2.24, 2.45) is 0 Å². The van der Waals surface area contributed by atoms with Crippen molar-refractivity contribution in [3.05, 3.63) is 35.4 Å². The molecule has 1 N–H and O–H groups in total. The highest BCUT2D eigenvalue weighted by atomic mass is 19.4. The summed E-state index contributed by atoms with van der Waals surface area (Å²) in [5.41, 5.74) is -0.130. The molecule has 0 aromatic heterocycles. The lowest BCUT2D eigenvalue weighted by molar-refractivity contribution is -0.141. The third kappa shape index (κ3) is 3.75. The maximum absolute atomic E-state index is 12.6. The average molecular weight is 301 g/mol. The maximum Gasteiger partial charge on any atom is 0.416 e. The summed E-state index contributed by atoms with van der Waals surface area (Å²) in [6.45, 7) is 1.86. The van der Waals surface area contributed by atoms with Gasteiger partial charge in [-0.1, -0.05) is 12.1 Å². The minimum atomic E-state index is -4.32. The Kier molecular flexibility index (Phi) is 4.27. The number of ether oxygens (including phenoxy) is 1. The molecule has 1 unspecified atom stereocenters. The topological polar surface area (TPSA) is 38.3 Å². The van der Waals surface area contributed by atoms with E-state index in [0.29, 0.717) is 0 Å². The average Bonchev–Trinajstić information content (AvgIpc) is 3.18. The van der Waals surface area contributed by atoms with Crippen molar-refractivity contribution in [3.63, 3.8) is 0 Å². The first kappa shape index (κ1) is 15.8. The minimum Gasteiger partial charge on any atom is -0.469 e. The van der Waals surface area contributed by atoms with E-state index in [4.69, 9.17) is 0 Å². The van der Waals surface area contributed by atoms with Gasteiger partial charge in [0.2, 0.25) is 0 Å². The molecule has 1 aliphatic rings. The number of nitrogens with one attached hydrogen (secondary N) is 1. The van der Waals surface area contributed by atoms with Crippen LogP contribution < -0.4 is 5.32 Å². The number of alkyl halides is 3. The summed E-state index contributed by atoms with van der Waals surface area (Å²) in [5.74, 6) is -0.307. The Hall–Kier alpha value is -1.56. The van der Waals surface area contributed by atoms with Gasteiger partial charge in [0.1, 0.15) is 0 Å². The largest absolute Gasteiger partial charge is 0.469 e. The SMILES string of the molecule is COC(=O)CC(C)NC1(c2ccc(C(F)(F)F)cc2)CC1. The molecule has 1 aliphatic carbocycles. The maximum atomic E-state index is 12.6. The number of esters is 1. The van der Waals surface area contributed by atoms with Crippen LogP contribution in [-0.4, -0.2) is 19.1 Å². The summed E-state index contributed by atoms with van der Waals surface area (Å²) in [5, 5.41) is 3.32. The van der Waals surface area contributed by atoms with Gasteiger partial charge in [0.25, 0.3) is 0 Å². The van der Waals surface area contributed by atoms with E-state index in [0.717, 1.165) is 30.5 Å². The molecule has 1 atom stereocenters. The van der Waals surface area contributed by atoms with E-state index < -0.39 is 11.7 Å². The molecule has 0 radical (unpaired) electrons. The third-order valence-corrected chi connectivity index (χ3v) is 3.74. The van der Waals surface area contributed by atoms with E-state index in [1.54, 1.807) is 0 Å². The molecule has 21 heavy (non-hydrogen) atoms. The summed E-state index contributed by atoms with van der Waals surface area (Å²) in [6.07, 6.45) is -2.38. The highest BCUT2D eigenvalue weighted by Crippen LogP contribution is 2.46. The molecular weight excluding hydrogens is 283 g/mol. The van der Waals surface area contributed by atoms with Gasteiger partial charge in [-0.25, -0.2) is 0 Å². The van der Waals surface area contributed by atoms with Gasteiger partial charge in [0, 0.05) is 11.6 Å². The van der Waals surface area contributed by atoms with Crippen molar-refractivity contribution in [3.8, 4) is 0 Å². The molecule has 1 saturated carbocycles. The second-order valence-electron chi connectivity index (χ2n) is 5.48. The number of rotatable bonds is 5. The molecule has 116 valence electrons. The molecule has 0 aliphatic heterocycles. The molecule has 2 rings (SSSR count). The highest BCUT2D eigenvalue weighted by molar-refractivity contribution is 5.69. The lowest BCUT2D eigenvalue weighted by atomic mass is 10.0. The number of hydrogen-bond acceptors (Lipinski definition) is 3. The highest BCUT2D eigenvalue weighted by Gasteiger charge is 2.45. The molecule has 0 bridgehead atoms. The Labute approximate surface area is 121 Å². The van der Waals surface area contributed by atoms with Crippen LogP contribution in [0.4, 0.5) is 13.2 Å². The van der Waals surface area contributed by atoms with Crippen LogP contribution in [0.2, 0.25) is 0 Å². The Morgan fingerprint density at radius 1 is 1.33 bits per heavy atom. The van der Waals surface area contributed by atoms with Crippen molar-refractivity contribution in [1.82, 2.24) is 5.32 Å². The van der Waals surface area contributed by atoms with Crippen LogP contribution >= 0.6 is 0 Å². The van der Waals surface area contributed by atoms with Gasteiger partial charge in [-0.15, -0.1) is 0 Å². The van der Waals surface area contributed by atoms with Crippen LogP contribution in [0.3, 0.4) is 0 Å². The van der Waals surface area contributed by atoms with Gasteiger partial charge in [0.15, 0.2) is 0 Å². The monoisotopic (exact) mass is 301 g/mol. The predicted molar refractivity (Wildman–Crippen MR) is 71.6 cm³/mol. The van der Waals surface area contributed by atoms with E-state index in [9.17, 15) is 18.0 Å². The standard InChI is InChI=1S/C15H18F3NO2/c1-10(9-13(20)21-2)19-14(7-8-14)11-3-5-12(6-4-11)15(16,17)18/h3-6,10,19H,7-9H2,1-2H3. The van der Waals surface area contributed by atoms with Gasteiger partial charge in [-0.05, 0) is 37.5 Å². The molecule has 0 heterocycles. The third-order valence-electron chi connectivity index (χ3n) is 3.74. The van der Waals surface area contributed by atoms with Crippen LogP contribution in [0.15, 0.2) is 24.3 Å². The minimum absolute atomic E-state index is 0.0951. The molecule has 0 amide bonds. The van der Waals surface area contributed by atoms with Crippen molar-refractivity contribution in [2.75, 3.05) is 7.11 Å². The molecule has 6 heteroatoms. The normalized spacial score (nSPS) is 18.1. The number of halogens is 3. The first-order valence-corrected chi connectivity index (χ1v) is 6.79. The Morgan fingerprint density at radius 3 is 2.33 bits per heavy atom. The first-order chi connectivity index (χ1) is 9.77. The molecule has 1 fully saturated rings. The van der Waals surface area contributed by atoms with E-state index in [1.807, 2.05) is 6.92 Å². The zero-order valence-electron chi connectivity index (χ0n) is 12.0. The van der Waals surface area contributed by atoms with E-state index in [1.165, 1.54) is 19.2 Å². The Morgan fingerprint density at radius 2 is 1.90 bits per heavy atom. The Balaban J connectivity index is 2.05. The lowest BCUT2D eigenvalue weighted by Gasteiger charge is -2.23. The molecule has 0 spiro atoms. The van der Waals surface area contributed by atoms with Crippen LogP contribution in [-0.2, 0) is 21.2 Å². The summed E-state index contributed by atoms with van der Waals surface area (Å²) in [6, 6.07) is 5.12. The molecule has 0 saturated heterocycles. The van der Waals surface area contributed by atoms with Crippen LogP contribution in [0.5, 0.6) is 0 Å². The van der Waals surface area contributed by atoms with Crippen LogP contribution in [0.1, 0.15) is 37.3 Å². The number of methoxy groups -OCH3 is 1. The van der Waals surface area contributed by atoms with Gasteiger partial charge in [-0.3, -0.25) is 4.79 Å². The molecular formula is C15H18F3NO2. The zero-order valence-corrected chi connectivity index (χ0v) is 12.0. The van der Waals surface area contributed by atoms with E-state index in [2.05, 4.69) is 10.1 Å². The fraction of sp³-hybridized carbons (Fsp3) is 0.533. The van der Waals surface area contributed by atoms with Crippen molar-refractivity contribution >= 4 is 5.97 Å². The fourth-order valence-electron chi connectivity index (χ4n) is 2.48. The number of carbonyl (C=O) groups is 1. The number of hydrogen-bond donors (Lipinski definition) is 1. The number of benzene rings is 1. The molecule has 1 aromatic rings. The summed E-state index contributed by atoms with van der Waals surface area (Å²) < 4.78 is 42.3. The van der Waals surface area contributed by atoms with Crippen molar-refractivity contribution in [1.29, 1.82) is 0 Å². The number of carbonyl (C=O) groups excluding carboxylic acids is 1. The quantitative estimate of drug-likeness (QED) is 0.849. The van der Waals surface area contributed by atoms with Crippen molar-refractivity contribution in [2.45, 2.75) is 43.9 Å². The first-order valence-electron chi connectivity index (χ1n) is 6.79.